The highest BCUT2D eigenvalue weighted by molar-refractivity contribution is 5.95. The molecular weight excluding hydrogens is 359 g/mol. The van der Waals surface area contributed by atoms with E-state index in [0.717, 1.165) is 31.5 Å². The fourth-order valence-electron chi connectivity index (χ4n) is 3.10. The number of benzene rings is 2. The largest absolute Gasteiger partial charge is 0.348 e. The second-order valence-corrected chi connectivity index (χ2v) is 7.06. The first-order valence-corrected chi connectivity index (χ1v) is 9.38. The molecule has 3 rings (SSSR count). The van der Waals surface area contributed by atoms with Gasteiger partial charge in [0.05, 0.1) is 0 Å². The maximum absolute atomic E-state index is 12.9. The lowest BCUT2D eigenvalue weighted by molar-refractivity contribution is 0.0951. The van der Waals surface area contributed by atoms with Crippen LogP contribution >= 0.6 is 0 Å². The SMILES string of the molecule is CN1CCC(NC(=O)Nc2ccc(C(=O)NCc3ccc(F)cc3)cc2)CC1. The smallest absolute Gasteiger partial charge is 0.319 e. The van der Waals surface area contributed by atoms with E-state index in [2.05, 4.69) is 27.9 Å². The van der Waals surface area contributed by atoms with E-state index in [1.54, 1.807) is 36.4 Å². The molecular formula is C21H25FN4O2. The molecule has 0 atom stereocenters. The molecule has 0 aliphatic carbocycles. The van der Waals surface area contributed by atoms with E-state index < -0.39 is 0 Å². The van der Waals surface area contributed by atoms with Gasteiger partial charge in [-0.15, -0.1) is 0 Å². The Bertz CT molecular complexity index is 800. The number of halogens is 1. The Hall–Kier alpha value is -2.93. The molecule has 1 aliphatic rings. The minimum Gasteiger partial charge on any atom is -0.348 e. The lowest BCUT2D eigenvalue weighted by Crippen LogP contribution is -2.44. The number of urea groups is 1. The Labute approximate surface area is 164 Å². The van der Waals surface area contributed by atoms with Crippen molar-refractivity contribution >= 4 is 17.6 Å². The molecule has 1 saturated heterocycles. The molecule has 7 heteroatoms. The highest BCUT2D eigenvalue weighted by Crippen LogP contribution is 2.12. The molecule has 2 aromatic rings. The van der Waals surface area contributed by atoms with Gasteiger partial charge in [0.15, 0.2) is 0 Å². The van der Waals surface area contributed by atoms with Gasteiger partial charge in [-0.25, -0.2) is 9.18 Å². The van der Waals surface area contributed by atoms with Crippen molar-refractivity contribution in [2.75, 3.05) is 25.5 Å². The van der Waals surface area contributed by atoms with Gasteiger partial charge in [0.2, 0.25) is 0 Å². The van der Waals surface area contributed by atoms with Crippen molar-refractivity contribution in [1.82, 2.24) is 15.5 Å². The third kappa shape index (κ3) is 5.79. The van der Waals surface area contributed by atoms with E-state index in [-0.39, 0.29) is 23.8 Å². The van der Waals surface area contributed by atoms with Gasteiger partial charge in [-0.2, -0.15) is 0 Å². The van der Waals surface area contributed by atoms with Crippen LogP contribution in [0.3, 0.4) is 0 Å². The summed E-state index contributed by atoms with van der Waals surface area (Å²) in [6.45, 7) is 2.28. The molecule has 6 nitrogen and oxygen atoms in total. The molecule has 3 amide bonds. The molecule has 1 aliphatic heterocycles. The summed E-state index contributed by atoms with van der Waals surface area (Å²) >= 11 is 0. The summed E-state index contributed by atoms with van der Waals surface area (Å²) in [6, 6.07) is 12.6. The number of nitrogens with zero attached hydrogens (tertiary/aromatic N) is 1. The van der Waals surface area contributed by atoms with Crippen LogP contribution in [0.15, 0.2) is 48.5 Å². The van der Waals surface area contributed by atoms with Gasteiger partial charge >= 0.3 is 6.03 Å². The van der Waals surface area contributed by atoms with Crippen molar-refractivity contribution in [3.63, 3.8) is 0 Å². The number of piperidine rings is 1. The normalized spacial score (nSPS) is 15.1. The third-order valence-electron chi connectivity index (χ3n) is 4.83. The summed E-state index contributed by atoms with van der Waals surface area (Å²) in [7, 11) is 2.08. The van der Waals surface area contributed by atoms with Crippen LogP contribution in [0, 0.1) is 5.82 Å². The number of hydrogen-bond donors (Lipinski definition) is 3. The average molecular weight is 384 g/mol. The van der Waals surface area contributed by atoms with E-state index in [1.807, 2.05) is 0 Å². The Morgan fingerprint density at radius 1 is 1.04 bits per heavy atom. The van der Waals surface area contributed by atoms with Crippen LogP contribution in [0.4, 0.5) is 14.9 Å². The van der Waals surface area contributed by atoms with Crippen molar-refractivity contribution in [1.29, 1.82) is 0 Å². The molecule has 0 radical (unpaired) electrons. The number of likely N-dealkylation sites (tertiary alicyclic amines) is 1. The summed E-state index contributed by atoms with van der Waals surface area (Å²) < 4.78 is 12.9. The fourth-order valence-corrected chi connectivity index (χ4v) is 3.10. The second kappa shape index (κ2) is 9.32. The average Bonchev–Trinajstić information content (AvgIpc) is 2.69. The number of carbonyl (C=O) groups is 2. The summed E-state index contributed by atoms with van der Waals surface area (Å²) in [5.74, 6) is -0.537. The van der Waals surface area contributed by atoms with Crippen LogP contribution in [0.5, 0.6) is 0 Å². The van der Waals surface area contributed by atoms with Crippen LogP contribution in [0.25, 0.3) is 0 Å². The van der Waals surface area contributed by atoms with Crippen LogP contribution < -0.4 is 16.0 Å². The zero-order valence-electron chi connectivity index (χ0n) is 15.9. The van der Waals surface area contributed by atoms with Gasteiger partial charge in [0, 0.05) is 23.8 Å². The molecule has 28 heavy (non-hydrogen) atoms. The Balaban J connectivity index is 1.46. The Morgan fingerprint density at radius 2 is 1.68 bits per heavy atom. The molecule has 148 valence electrons. The summed E-state index contributed by atoms with van der Waals surface area (Å²) in [5.41, 5.74) is 1.93. The van der Waals surface area contributed by atoms with Gasteiger partial charge in [0.1, 0.15) is 5.82 Å². The molecule has 0 bridgehead atoms. The number of rotatable bonds is 5. The van der Waals surface area contributed by atoms with E-state index in [9.17, 15) is 14.0 Å². The van der Waals surface area contributed by atoms with Crippen LogP contribution in [-0.4, -0.2) is 43.0 Å². The second-order valence-electron chi connectivity index (χ2n) is 7.06. The Morgan fingerprint density at radius 3 is 2.32 bits per heavy atom. The van der Waals surface area contributed by atoms with Crippen LogP contribution in [0.2, 0.25) is 0 Å². The molecule has 0 aromatic heterocycles. The predicted molar refractivity (Wildman–Crippen MR) is 107 cm³/mol. The van der Waals surface area contributed by atoms with E-state index in [4.69, 9.17) is 0 Å². The van der Waals surface area contributed by atoms with E-state index >= 15 is 0 Å². The minimum absolute atomic E-state index is 0.188. The highest BCUT2D eigenvalue weighted by atomic mass is 19.1. The maximum atomic E-state index is 12.9. The fraction of sp³-hybridized carbons (Fsp3) is 0.333. The minimum atomic E-state index is -0.307. The predicted octanol–water partition coefficient (Wildman–Crippen LogP) is 2.97. The first-order chi connectivity index (χ1) is 13.5. The number of anilines is 1. The van der Waals surface area contributed by atoms with Gasteiger partial charge in [0.25, 0.3) is 5.91 Å². The first kappa shape index (κ1) is 19.8. The molecule has 0 spiro atoms. The van der Waals surface area contributed by atoms with Crippen molar-refractivity contribution in [3.05, 3.63) is 65.5 Å². The van der Waals surface area contributed by atoms with Crippen molar-refractivity contribution < 1.29 is 14.0 Å². The maximum Gasteiger partial charge on any atom is 0.319 e. The number of nitrogens with one attached hydrogen (secondary N) is 3. The van der Waals surface area contributed by atoms with Crippen LogP contribution in [0.1, 0.15) is 28.8 Å². The third-order valence-corrected chi connectivity index (χ3v) is 4.83. The van der Waals surface area contributed by atoms with Crippen LogP contribution in [-0.2, 0) is 6.54 Å². The molecule has 3 N–H and O–H groups in total. The molecule has 1 fully saturated rings. The van der Waals surface area contributed by atoms with Crippen molar-refractivity contribution in [2.24, 2.45) is 0 Å². The number of hydrogen-bond acceptors (Lipinski definition) is 3. The van der Waals surface area contributed by atoms with Crippen molar-refractivity contribution in [2.45, 2.75) is 25.4 Å². The standard InChI is InChI=1S/C21H25FN4O2/c1-26-12-10-19(11-13-26)25-21(28)24-18-8-4-16(5-9-18)20(27)23-14-15-2-6-17(22)7-3-15/h2-9,19H,10-14H2,1H3,(H,23,27)(H2,24,25,28). The molecule has 1 heterocycles. The Kier molecular flexibility index (Phi) is 6.60. The van der Waals surface area contributed by atoms with Gasteiger partial charge in [-0.1, -0.05) is 12.1 Å². The van der Waals surface area contributed by atoms with Crippen molar-refractivity contribution in [3.8, 4) is 0 Å². The van der Waals surface area contributed by atoms with Gasteiger partial charge in [-0.3, -0.25) is 4.79 Å². The zero-order valence-corrected chi connectivity index (χ0v) is 15.9. The monoisotopic (exact) mass is 384 g/mol. The van der Waals surface area contributed by atoms with E-state index in [0.29, 0.717) is 17.8 Å². The molecule has 2 aromatic carbocycles. The number of carbonyl (C=O) groups excluding carboxylic acids is 2. The lowest BCUT2D eigenvalue weighted by atomic mass is 10.1. The number of amides is 3. The van der Waals surface area contributed by atoms with Gasteiger partial charge < -0.3 is 20.9 Å². The highest BCUT2D eigenvalue weighted by Gasteiger charge is 2.18. The molecule has 0 saturated carbocycles. The lowest BCUT2D eigenvalue weighted by Gasteiger charge is -2.29. The topological polar surface area (TPSA) is 73.5 Å². The first-order valence-electron chi connectivity index (χ1n) is 9.38. The summed E-state index contributed by atoms with van der Waals surface area (Å²) in [6.07, 6.45) is 1.88. The van der Waals surface area contributed by atoms with E-state index in [1.165, 1.54) is 12.1 Å². The quantitative estimate of drug-likeness (QED) is 0.742. The summed E-state index contributed by atoms with van der Waals surface area (Å²) in [5, 5.41) is 8.57. The molecule has 0 unspecified atom stereocenters. The summed E-state index contributed by atoms with van der Waals surface area (Å²) in [4.78, 5) is 26.6. The van der Waals surface area contributed by atoms with Gasteiger partial charge in [-0.05, 0) is 74.9 Å². The zero-order chi connectivity index (χ0) is 19.9.